The molecular formula is C19H19FN6O. The van der Waals surface area contributed by atoms with E-state index in [4.69, 9.17) is 0 Å². The van der Waals surface area contributed by atoms with Gasteiger partial charge in [-0.25, -0.2) is 9.07 Å². The number of rotatable bonds is 5. The molecule has 0 aliphatic carbocycles. The molecule has 138 valence electrons. The summed E-state index contributed by atoms with van der Waals surface area (Å²) in [6.07, 6.45) is 3.23. The highest BCUT2D eigenvalue weighted by atomic mass is 19.1. The molecular weight excluding hydrogens is 347 g/mol. The normalized spacial score (nSPS) is 17.1. The van der Waals surface area contributed by atoms with Crippen LogP contribution in [-0.2, 0) is 11.3 Å². The lowest BCUT2D eigenvalue weighted by atomic mass is 10.1. The Morgan fingerprint density at radius 2 is 2.11 bits per heavy atom. The molecule has 0 radical (unpaired) electrons. The van der Waals surface area contributed by atoms with Crippen molar-refractivity contribution in [3.63, 3.8) is 0 Å². The first kappa shape index (κ1) is 17.3. The molecule has 7 nitrogen and oxygen atoms in total. The highest BCUT2D eigenvalue weighted by Crippen LogP contribution is 2.22. The van der Waals surface area contributed by atoms with Gasteiger partial charge in [0.2, 0.25) is 5.91 Å². The zero-order chi connectivity index (χ0) is 18.6. The van der Waals surface area contributed by atoms with Gasteiger partial charge in [0.1, 0.15) is 12.1 Å². The minimum absolute atomic E-state index is 0.0576. The third-order valence-corrected chi connectivity index (χ3v) is 4.67. The van der Waals surface area contributed by atoms with Crippen molar-refractivity contribution in [2.24, 2.45) is 0 Å². The molecule has 1 atom stereocenters. The Morgan fingerprint density at radius 1 is 1.22 bits per heavy atom. The first-order chi connectivity index (χ1) is 13.2. The van der Waals surface area contributed by atoms with Crippen LogP contribution < -0.4 is 5.32 Å². The van der Waals surface area contributed by atoms with Crippen LogP contribution in [0.4, 0.5) is 10.1 Å². The molecule has 1 aliphatic heterocycles. The Morgan fingerprint density at radius 3 is 2.93 bits per heavy atom. The summed E-state index contributed by atoms with van der Waals surface area (Å²) in [6, 6.07) is 13.6. The predicted molar refractivity (Wildman–Crippen MR) is 97.6 cm³/mol. The summed E-state index contributed by atoms with van der Waals surface area (Å²) in [5.74, 6) is -0.315. The molecule has 0 bridgehead atoms. The van der Waals surface area contributed by atoms with E-state index in [1.165, 1.54) is 23.1 Å². The van der Waals surface area contributed by atoms with Gasteiger partial charge in [0.25, 0.3) is 0 Å². The highest BCUT2D eigenvalue weighted by molar-refractivity contribution is 5.95. The monoisotopic (exact) mass is 366 g/mol. The van der Waals surface area contributed by atoms with Crippen molar-refractivity contribution in [2.75, 3.05) is 11.9 Å². The molecule has 2 heterocycles. The summed E-state index contributed by atoms with van der Waals surface area (Å²) >= 11 is 0. The molecule has 1 aliphatic rings. The van der Waals surface area contributed by atoms with Gasteiger partial charge < -0.3 is 5.32 Å². The first-order valence-electron chi connectivity index (χ1n) is 8.82. The van der Waals surface area contributed by atoms with Gasteiger partial charge in [-0.1, -0.05) is 18.2 Å². The van der Waals surface area contributed by atoms with E-state index in [0.29, 0.717) is 12.2 Å². The molecule has 2 aromatic carbocycles. The Kier molecular flexibility index (Phi) is 4.88. The lowest BCUT2D eigenvalue weighted by molar-refractivity contribution is -0.120. The van der Waals surface area contributed by atoms with Crippen LogP contribution in [0.1, 0.15) is 18.4 Å². The maximum atomic E-state index is 13.4. The van der Waals surface area contributed by atoms with Crippen molar-refractivity contribution in [2.45, 2.75) is 25.4 Å². The maximum Gasteiger partial charge on any atom is 0.241 e. The van der Waals surface area contributed by atoms with Crippen LogP contribution in [0.5, 0.6) is 0 Å². The number of aromatic nitrogens is 4. The number of benzene rings is 2. The second-order valence-corrected chi connectivity index (χ2v) is 6.55. The number of anilines is 1. The van der Waals surface area contributed by atoms with Crippen LogP contribution in [0, 0.1) is 5.82 Å². The van der Waals surface area contributed by atoms with E-state index in [1.54, 1.807) is 6.07 Å². The number of nitrogens with one attached hydrogen (secondary N) is 1. The lowest BCUT2D eigenvalue weighted by Crippen LogP contribution is -2.39. The van der Waals surface area contributed by atoms with Gasteiger partial charge in [0.05, 0.1) is 11.7 Å². The Bertz CT molecular complexity index is 929. The summed E-state index contributed by atoms with van der Waals surface area (Å²) in [7, 11) is 0. The summed E-state index contributed by atoms with van der Waals surface area (Å²) in [6.45, 7) is 1.37. The molecule has 1 saturated heterocycles. The van der Waals surface area contributed by atoms with Gasteiger partial charge in [-0.2, -0.15) is 0 Å². The molecule has 0 saturated carbocycles. The fourth-order valence-electron chi connectivity index (χ4n) is 3.41. The van der Waals surface area contributed by atoms with E-state index in [-0.39, 0.29) is 17.8 Å². The van der Waals surface area contributed by atoms with Gasteiger partial charge in [-0.3, -0.25) is 9.69 Å². The number of hydrogen-bond donors (Lipinski definition) is 1. The second-order valence-electron chi connectivity index (χ2n) is 6.55. The van der Waals surface area contributed by atoms with Crippen molar-refractivity contribution < 1.29 is 9.18 Å². The molecule has 8 heteroatoms. The largest absolute Gasteiger partial charge is 0.325 e. The molecule has 4 rings (SSSR count). The van der Waals surface area contributed by atoms with E-state index in [0.717, 1.165) is 30.6 Å². The third kappa shape index (κ3) is 4.01. The number of carbonyl (C=O) groups excluding carboxylic acids is 1. The van der Waals surface area contributed by atoms with E-state index >= 15 is 0 Å². The van der Waals surface area contributed by atoms with E-state index in [1.807, 2.05) is 30.3 Å². The van der Waals surface area contributed by atoms with Crippen LogP contribution in [-0.4, -0.2) is 43.6 Å². The molecule has 1 N–H and O–H groups in total. The number of likely N-dealkylation sites (tertiary alicyclic amines) is 1. The van der Waals surface area contributed by atoms with Crippen LogP contribution in [0.3, 0.4) is 0 Å². The maximum absolute atomic E-state index is 13.4. The smallest absolute Gasteiger partial charge is 0.241 e. The SMILES string of the molecule is O=C(Nc1cccc(-n2cnnn2)c1)[C@@H]1CCCN1Cc1cccc(F)c1. The minimum Gasteiger partial charge on any atom is -0.325 e. The van der Waals surface area contributed by atoms with Crippen molar-refractivity contribution in [3.05, 3.63) is 66.2 Å². The second kappa shape index (κ2) is 7.63. The predicted octanol–water partition coefficient (Wildman–Crippen LogP) is 2.40. The van der Waals surface area contributed by atoms with E-state index in [2.05, 4.69) is 25.7 Å². The summed E-state index contributed by atoms with van der Waals surface area (Å²) in [5, 5.41) is 14.1. The van der Waals surface area contributed by atoms with Gasteiger partial charge in [-0.15, -0.1) is 5.10 Å². The quantitative estimate of drug-likeness (QED) is 0.750. The minimum atomic E-state index is -0.257. The number of hydrogen-bond acceptors (Lipinski definition) is 5. The number of amides is 1. The van der Waals surface area contributed by atoms with Gasteiger partial charge >= 0.3 is 0 Å². The topological polar surface area (TPSA) is 75.9 Å². The highest BCUT2D eigenvalue weighted by Gasteiger charge is 2.30. The van der Waals surface area contributed by atoms with Gasteiger partial charge in [-0.05, 0) is 65.7 Å². The molecule has 1 fully saturated rings. The first-order valence-corrected chi connectivity index (χ1v) is 8.82. The average molecular weight is 366 g/mol. The molecule has 0 spiro atoms. The fourth-order valence-corrected chi connectivity index (χ4v) is 3.41. The Labute approximate surface area is 155 Å². The molecule has 3 aromatic rings. The van der Waals surface area contributed by atoms with Crippen molar-refractivity contribution in [3.8, 4) is 5.69 Å². The number of halogens is 1. The zero-order valence-corrected chi connectivity index (χ0v) is 14.6. The summed E-state index contributed by atoms with van der Waals surface area (Å²) < 4.78 is 15.0. The summed E-state index contributed by atoms with van der Waals surface area (Å²) in [5.41, 5.74) is 2.32. The Hall–Kier alpha value is -3.13. The van der Waals surface area contributed by atoms with Crippen LogP contribution in [0.25, 0.3) is 5.69 Å². The van der Waals surface area contributed by atoms with E-state index < -0.39 is 0 Å². The summed E-state index contributed by atoms with van der Waals surface area (Å²) in [4.78, 5) is 14.9. The van der Waals surface area contributed by atoms with Crippen molar-refractivity contribution in [1.82, 2.24) is 25.1 Å². The molecule has 1 aromatic heterocycles. The Balaban J connectivity index is 1.45. The van der Waals surface area contributed by atoms with Gasteiger partial charge in [0.15, 0.2) is 0 Å². The standard InChI is InChI=1S/C19H19FN6O/c20-15-5-1-4-14(10-15)12-25-9-3-8-18(25)19(27)22-16-6-2-7-17(11-16)26-13-21-23-24-26/h1-2,4-7,10-11,13,18H,3,8-9,12H2,(H,22,27)/t18-/m0/s1. The molecule has 27 heavy (non-hydrogen) atoms. The lowest BCUT2D eigenvalue weighted by Gasteiger charge is -2.23. The van der Waals surface area contributed by atoms with Crippen molar-refractivity contribution >= 4 is 11.6 Å². The zero-order valence-electron chi connectivity index (χ0n) is 14.6. The van der Waals surface area contributed by atoms with Crippen LogP contribution >= 0.6 is 0 Å². The van der Waals surface area contributed by atoms with Crippen molar-refractivity contribution in [1.29, 1.82) is 0 Å². The van der Waals surface area contributed by atoms with Gasteiger partial charge in [0, 0.05) is 12.2 Å². The number of carbonyl (C=O) groups is 1. The molecule has 0 unspecified atom stereocenters. The van der Waals surface area contributed by atoms with E-state index in [9.17, 15) is 9.18 Å². The number of tetrazole rings is 1. The third-order valence-electron chi connectivity index (χ3n) is 4.67. The van der Waals surface area contributed by atoms with Crippen LogP contribution in [0.2, 0.25) is 0 Å². The average Bonchev–Trinajstić information content (AvgIpc) is 3.34. The fraction of sp³-hybridized carbons (Fsp3) is 0.263. The number of nitrogens with zero attached hydrogens (tertiary/aromatic N) is 5. The van der Waals surface area contributed by atoms with Crippen LogP contribution in [0.15, 0.2) is 54.9 Å². The molecule has 1 amide bonds.